The second kappa shape index (κ2) is 6.40. The third-order valence-corrected chi connectivity index (χ3v) is 3.83. The Morgan fingerprint density at radius 1 is 1.37 bits per heavy atom. The van der Waals surface area contributed by atoms with E-state index in [1.54, 1.807) is 11.9 Å². The summed E-state index contributed by atoms with van der Waals surface area (Å²) in [7, 11) is -1.48. The lowest BCUT2D eigenvalue weighted by atomic mass is 10.0. The minimum atomic E-state index is -3.11. The molecule has 19 heavy (non-hydrogen) atoms. The SMILES string of the molecule is CN(CCS(C)(=O)=O)C(CN)c1cccc(F)c1F. The third kappa shape index (κ3) is 4.52. The van der Waals surface area contributed by atoms with Crippen molar-refractivity contribution in [3.63, 3.8) is 0 Å². The van der Waals surface area contributed by atoms with Crippen molar-refractivity contribution in [1.29, 1.82) is 0 Å². The van der Waals surface area contributed by atoms with Gasteiger partial charge in [-0.15, -0.1) is 0 Å². The number of benzene rings is 1. The monoisotopic (exact) mass is 292 g/mol. The van der Waals surface area contributed by atoms with Crippen LogP contribution in [0.5, 0.6) is 0 Å². The highest BCUT2D eigenvalue weighted by Crippen LogP contribution is 2.22. The molecule has 0 saturated carbocycles. The fourth-order valence-electron chi connectivity index (χ4n) is 1.79. The van der Waals surface area contributed by atoms with E-state index in [4.69, 9.17) is 5.73 Å². The van der Waals surface area contributed by atoms with Crippen LogP contribution in [0.3, 0.4) is 0 Å². The maximum Gasteiger partial charge on any atom is 0.163 e. The zero-order valence-corrected chi connectivity index (χ0v) is 11.8. The summed E-state index contributed by atoms with van der Waals surface area (Å²) in [5, 5.41) is 0. The van der Waals surface area contributed by atoms with Crippen molar-refractivity contribution in [2.75, 3.05) is 32.1 Å². The van der Waals surface area contributed by atoms with Gasteiger partial charge >= 0.3 is 0 Å². The molecule has 108 valence electrons. The molecule has 2 N–H and O–H groups in total. The summed E-state index contributed by atoms with van der Waals surface area (Å²) in [5.41, 5.74) is 5.72. The fraction of sp³-hybridized carbons (Fsp3) is 0.500. The van der Waals surface area contributed by atoms with Crippen LogP contribution in [0.15, 0.2) is 18.2 Å². The molecule has 0 fully saturated rings. The van der Waals surface area contributed by atoms with Crippen molar-refractivity contribution in [2.24, 2.45) is 5.73 Å². The highest BCUT2D eigenvalue weighted by atomic mass is 32.2. The molecule has 0 amide bonds. The molecule has 4 nitrogen and oxygen atoms in total. The largest absolute Gasteiger partial charge is 0.329 e. The first-order valence-electron chi connectivity index (χ1n) is 5.78. The summed E-state index contributed by atoms with van der Waals surface area (Å²) in [6, 6.07) is 3.33. The fourth-order valence-corrected chi connectivity index (χ4v) is 2.41. The Morgan fingerprint density at radius 2 is 2.00 bits per heavy atom. The molecule has 1 aromatic carbocycles. The highest BCUT2D eigenvalue weighted by molar-refractivity contribution is 7.90. The first-order valence-corrected chi connectivity index (χ1v) is 7.84. The van der Waals surface area contributed by atoms with E-state index < -0.39 is 27.5 Å². The summed E-state index contributed by atoms with van der Waals surface area (Å²) < 4.78 is 49.1. The Morgan fingerprint density at radius 3 is 2.53 bits per heavy atom. The minimum absolute atomic E-state index is 0.0586. The van der Waals surface area contributed by atoms with Gasteiger partial charge in [-0.2, -0.15) is 0 Å². The molecule has 0 spiro atoms. The van der Waals surface area contributed by atoms with E-state index in [-0.39, 0.29) is 24.4 Å². The predicted octanol–water partition coefficient (Wildman–Crippen LogP) is 0.941. The Balaban J connectivity index is 2.91. The quantitative estimate of drug-likeness (QED) is 0.847. The van der Waals surface area contributed by atoms with E-state index in [2.05, 4.69) is 0 Å². The van der Waals surface area contributed by atoms with E-state index in [0.29, 0.717) is 0 Å². The average Bonchev–Trinajstić information content (AvgIpc) is 2.32. The van der Waals surface area contributed by atoms with Crippen LogP contribution < -0.4 is 5.73 Å². The van der Waals surface area contributed by atoms with Gasteiger partial charge in [0.2, 0.25) is 0 Å². The highest BCUT2D eigenvalue weighted by Gasteiger charge is 2.21. The number of hydrogen-bond acceptors (Lipinski definition) is 4. The van der Waals surface area contributed by atoms with Crippen LogP contribution >= 0.6 is 0 Å². The van der Waals surface area contributed by atoms with Crippen molar-refractivity contribution < 1.29 is 17.2 Å². The first-order chi connectivity index (χ1) is 8.76. The number of halogens is 2. The van der Waals surface area contributed by atoms with Crippen LogP contribution in [0.4, 0.5) is 8.78 Å². The predicted molar refractivity (Wildman–Crippen MR) is 70.5 cm³/mol. The van der Waals surface area contributed by atoms with E-state index in [1.807, 2.05) is 0 Å². The normalized spacial score (nSPS) is 13.8. The van der Waals surface area contributed by atoms with Crippen LogP contribution in [0, 0.1) is 11.6 Å². The Bertz CT molecular complexity index is 535. The van der Waals surface area contributed by atoms with Gasteiger partial charge in [-0.05, 0) is 13.1 Å². The summed E-state index contributed by atoms with van der Waals surface area (Å²) in [5.74, 6) is -1.94. The number of hydrogen-bond donors (Lipinski definition) is 1. The molecule has 1 atom stereocenters. The molecule has 0 aliphatic carbocycles. The van der Waals surface area contributed by atoms with Gasteiger partial charge in [-0.3, -0.25) is 4.90 Å². The van der Waals surface area contributed by atoms with Gasteiger partial charge in [0.15, 0.2) is 11.6 Å². The molecule has 0 saturated heterocycles. The van der Waals surface area contributed by atoms with Gasteiger partial charge in [0.1, 0.15) is 9.84 Å². The molecule has 0 radical (unpaired) electrons. The number of rotatable bonds is 6. The van der Waals surface area contributed by atoms with Crippen LogP contribution in [0.25, 0.3) is 0 Å². The molecular weight excluding hydrogens is 274 g/mol. The second-order valence-electron chi connectivity index (χ2n) is 4.51. The first kappa shape index (κ1) is 16.0. The van der Waals surface area contributed by atoms with Gasteiger partial charge in [-0.1, -0.05) is 12.1 Å². The Kier molecular flexibility index (Phi) is 5.39. The molecule has 0 bridgehead atoms. The van der Waals surface area contributed by atoms with E-state index in [1.165, 1.54) is 12.1 Å². The lowest BCUT2D eigenvalue weighted by Gasteiger charge is -2.27. The number of nitrogens with two attached hydrogens (primary N) is 1. The van der Waals surface area contributed by atoms with Crippen molar-refractivity contribution in [2.45, 2.75) is 6.04 Å². The van der Waals surface area contributed by atoms with Gasteiger partial charge in [0.05, 0.1) is 5.75 Å². The third-order valence-electron chi connectivity index (χ3n) is 2.91. The molecule has 7 heteroatoms. The number of sulfone groups is 1. The molecule has 1 aromatic rings. The van der Waals surface area contributed by atoms with E-state index in [9.17, 15) is 17.2 Å². The molecule has 0 heterocycles. The number of nitrogens with zero attached hydrogens (tertiary/aromatic N) is 1. The molecule has 1 unspecified atom stereocenters. The summed E-state index contributed by atoms with van der Waals surface area (Å²) in [6.07, 6.45) is 1.13. The lowest BCUT2D eigenvalue weighted by molar-refractivity contribution is 0.256. The summed E-state index contributed by atoms with van der Waals surface area (Å²) in [6.45, 7) is 0.275. The standard InChI is InChI=1S/C12H18F2N2O2S/c1-16(6-7-19(2,17)18)11(8-15)9-4-3-5-10(13)12(9)14/h3-5,11H,6-8,15H2,1-2H3. The second-order valence-corrected chi connectivity index (χ2v) is 6.76. The molecule has 0 aliphatic heterocycles. The van der Waals surface area contributed by atoms with E-state index in [0.717, 1.165) is 12.3 Å². The van der Waals surface area contributed by atoms with Crippen molar-refractivity contribution in [3.05, 3.63) is 35.4 Å². The van der Waals surface area contributed by atoms with Gasteiger partial charge < -0.3 is 5.73 Å². The zero-order valence-electron chi connectivity index (χ0n) is 10.9. The van der Waals surface area contributed by atoms with Gasteiger partial charge in [0.25, 0.3) is 0 Å². The molecule has 1 rings (SSSR count). The number of likely N-dealkylation sites (N-methyl/N-ethyl adjacent to an activating group) is 1. The Labute approximate surface area is 112 Å². The van der Waals surface area contributed by atoms with Crippen molar-refractivity contribution >= 4 is 9.84 Å². The van der Waals surface area contributed by atoms with Crippen LogP contribution in [0.1, 0.15) is 11.6 Å². The summed E-state index contributed by atoms with van der Waals surface area (Å²) >= 11 is 0. The summed E-state index contributed by atoms with van der Waals surface area (Å²) in [4.78, 5) is 1.61. The van der Waals surface area contributed by atoms with Crippen molar-refractivity contribution in [3.8, 4) is 0 Å². The van der Waals surface area contributed by atoms with Gasteiger partial charge in [-0.25, -0.2) is 17.2 Å². The van der Waals surface area contributed by atoms with E-state index >= 15 is 0 Å². The topological polar surface area (TPSA) is 63.4 Å². The minimum Gasteiger partial charge on any atom is -0.329 e. The van der Waals surface area contributed by atoms with Crippen LogP contribution in [-0.2, 0) is 9.84 Å². The molecule has 0 aromatic heterocycles. The van der Waals surface area contributed by atoms with Crippen molar-refractivity contribution in [1.82, 2.24) is 4.90 Å². The smallest absolute Gasteiger partial charge is 0.163 e. The van der Waals surface area contributed by atoms with Crippen LogP contribution in [-0.4, -0.2) is 45.5 Å². The maximum atomic E-state index is 13.7. The Hall–Kier alpha value is -1.05. The zero-order chi connectivity index (χ0) is 14.6. The van der Waals surface area contributed by atoms with Crippen LogP contribution in [0.2, 0.25) is 0 Å². The lowest BCUT2D eigenvalue weighted by Crippen LogP contribution is -2.34. The average molecular weight is 292 g/mol. The molecular formula is C12H18F2N2O2S. The molecule has 0 aliphatic rings. The van der Waals surface area contributed by atoms with Gasteiger partial charge in [0, 0.05) is 31.0 Å². The maximum absolute atomic E-state index is 13.7.